The molecule has 1 aromatic rings. The average molecular weight is 283 g/mol. The zero-order chi connectivity index (χ0) is 14.8. The SMILES string of the molecule is CCC(=O)NC1=C(C2CCCCC2)c2ccccc2C1=O. The minimum absolute atomic E-state index is 0.0204. The van der Waals surface area contributed by atoms with Crippen LogP contribution in [0.3, 0.4) is 0 Å². The number of allylic oxidation sites excluding steroid dienone is 2. The molecule has 2 aliphatic rings. The van der Waals surface area contributed by atoms with Gasteiger partial charge in [-0.2, -0.15) is 0 Å². The fourth-order valence-corrected chi connectivity index (χ4v) is 3.47. The van der Waals surface area contributed by atoms with E-state index in [2.05, 4.69) is 5.32 Å². The summed E-state index contributed by atoms with van der Waals surface area (Å²) >= 11 is 0. The molecule has 0 radical (unpaired) electrons. The average Bonchev–Trinajstić information content (AvgIpc) is 2.81. The summed E-state index contributed by atoms with van der Waals surface area (Å²) in [6.45, 7) is 1.81. The smallest absolute Gasteiger partial charge is 0.224 e. The Hall–Kier alpha value is -1.90. The first-order valence-electron chi connectivity index (χ1n) is 7.90. The van der Waals surface area contributed by atoms with Crippen molar-refractivity contribution in [3.63, 3.8) is 0 Å². The number of rotatable bonds is 3. The predicted molar refractivity (Wildman–Crippen MR) is 82.7 cm³/mol. The summed E-state index contributed by atoms with van der Waals surface area (Å²) in [4.78, 5) is 24.4. The van der Waals surface area contributed by atoms with Crippen molar-refractivity contribution in [2.75, 3.05) is 0 Å². The molecule has 0 unspecified atom stereocenters. The highest BCUT2D eigenvalue weighted by Crippen LogP contribution is 2.42. The molecule has 0 aliphatic heterocycles. The third kappa shape index (κ3) is 2.53. The highest BCUT2D eigenvalue weighted by atomic mass is 16.2. The molecule has 0 aromatic heterocycles. The van der Waals surface area contributed by atoms with Gasteiger partial charge in [-0.3, -0.25) is 9.59 Å². The lowest BCUT2D eigenvalue weighted by atomic mass is 9.81. The Morgan fingerprint density at radius 2 is 1.81 bits per heavy atom. The van der Waals surface area contributed by atoms with Gasteiger partial charge in [0.1, 0.15) is 0 Å². The van der Waals surface area contributed by atoms with Gasteiger partial charge in [-0.1, -0.05) is 50.5 Å². The molecular formula is C18H21NO2. The first kappa shape index (κ1) is 14.1. The number of benzene rings is 1. The van der Waals surface area contributed by atoms with E-state index >= 15 is 0 Å². The van der Waals surface area contributed by atoms with Crippen molar-refractivity contribution in [2.45, 2.75) is 45.4 Å². The van der Waals surface area contributed by atoms with Gasteiger partial charge in [0.05, 0.1) is 5.70 Å². The van der Waals surface area contributed by atoms with Crippen molar-refractivity contribution < 1.29 is 9.59 Å². The number of amides is 1. The number of ketones is 1. The summed E-state index contributed by atoms with van der Waals surface area (Å²) in [5, 5.41) is 2.86. The molecule has 0 bridgehead atoms. The van der Waals surface area contributed by atoms with E-state index in [4.69, 9.17) is 0 Å². The quantitative estimate of drug-likeness (QED) is 0.919. The van der Waals surface area contributed by atoms with E-state index in [1.165, 1.54) is 19.3 Å². The molecule has 0 heterocycles. The lowest BCUT2D eigenvalue weighted by molar-refractivity contribution is -0.120. The van der Waals surface area contributed by atoms with Gasteiger partial charge in [0, 0.05) is 12.0 Å². The Labute approximate surface area is 125 Å². The molecule has 1 aromatic carbocycles. The molecular weight excluding hydrogens is 262 g/mol. The third-order valence-electron chi connectivity index (χ3n) is 4.56. The number of hydrogen-bond donors (Lipinski definition) is 1. The first-order valence-corrected chi connectivity index (χ1v) is 7.90. The topological polar surface area (TPSA) is 46.2 Å². The van der Waals surface area contributed by atoms with Gasteiger partial charge in [-0.25, -0.2) is 0 Å². The zero-order valence-corrected chi connectivity index (χ0v) is 12.4. The summed E-state index contributed by atoms with van der Waals surface area (Å²) in [5.74, 6) is 0.297. The van der Waals surface area contributed by atoms with E-state index in [1.807, 2.05) is 31.2 Å². The third-order valence-corrected chi connectivity index (χ3v) is 4.56. The molecule has 21 heavy (non-hydrogen) atoms. The molecule has 0 atom stereocenters. The van der Waals surface area contributed by atoms with Crippen molar-refractivity contribution in [1.82, 2.24) is 5.32 Å². The lowest BCUT2D eigenvalue weighted by Gasteiger charge is -2.24. The van der Waals surface area contributed by atoms with Crippen LogP contribution in [0.2, 0.25) is 0 Å². The summed E-state index contributed by atoms with van der Waals surface area (Å²) in [6, 6.07) is 7.74. The fourth-order valence-electron chi connectivity index (χ4n) is 3.47. The maximum atomic E-state index is 12.6. The van der Waals surface area contributed by atoms with Crippen LogP contribution in [-0.2, 0) is 4.79 Å². The number of fused-ring (bicyclic) bond motifs is 1. The van der Waals surface area contributed by atoms with Gasteiger partial charge in [0.2, 0.25) is 11.7 Å². The molecule has 3 nitrogen and oxygen atoms in total. The molecule has 0 spiro atoms. The second-order valence-corrected chi connectivity index (χ2v) is 5.90. The fraction of sp³-hybridized carbons (Fsp3) is 0.444. The highest BCUT2D eigenvalue weighted by molar-refractivity contribution is 6.21. The van der Waals surface area contributed by atoms with Gasteiger partial charge < -0.3 is 5.32 Å². The number of nitrogens with one attached hydrogen (secondary N) is 1. The minimum Gasteiger partial charge on any atom is -0.323 e. The largest absolute Gasteiger partial charge is 0.323 e. The van der Waals surface area contributed by atoms with Crippen molar-refractivity contribution >= 4 is 17.3 Å². The van der Waals surface area contributed by atoms with E-state index in [1.54, 1.807) is 0 Å². The van der Waals surface area contributed by atoms with Gasteiger partial charge in [0.15, 0.2) is 0 Å². The Morgan fingerprint density at radius 1 is 1.14 bits per heavy atom. The minimum atomic E-state index is -0.0838. The van der Waals surface area contributed by atoms with Crippen LogP contribution in [0.1, 0.15) is 61.4 Å². The normalized spacial score (nSPS) is 18.8. The first-order chi connectivity index (χ1) is 10.2. The number of Topliss-reactive ketones (excluding diaryl/α,β-unsaturated/α-hetero) is 1. The van der Waals surface area contributed by atoms with Crippen LogP contribution in [0, 0.1) is 5.92 Å². The van der Waals surface area contributed by atoms with Gasteiger partial charge >= 0.3 is 0 Å². The van der Waals surface area contributed by atoms with Crippen LogP contribution < -0.4 is 5.32 Å². The summed E-state index contributed by atoms with van der Waals surface area (Å²) in [6.07, 6.45) is 6.31. The Morgan fingerprint density at radius 3 is 2.48 bits per heavy atom. The highest BCUT2D eigenvalue weighted by Gasteiger charge is 2.34. The Bertz CT molecular complexity index is 609. The van der Waals surface area contributed by atoms with Crippen LogP contribution in [0.4, 0.5) is 0 Å². The second-order valence-electron chi connectivity index (χ2n) is 5.90. The van der Waals surface area contributed by atoms with Gasteiger partial charge in [0.25, 0.3) is 0 Å². The lowest BCUT2D eigenvalue weighted by Crippen LogP contribution is -2.26. The van der Waals surface area contributed by atoms with Crippen LogP contribution in [-0.4, -0.2) is 11.7 Å². The molecule has 110 valence electrons. The standard InChI is InChI=1S/C18H21NO2/c1-2-15(20)19-17-16(12-8-4-3-5-9-12)13-10-6-7-11-14(13)18(17)21/h6-7,10-12H,2-5,8-9H2,1H3,(H,19,20,21). The molecule has 3 rings (SSSR count). The van der Waals surface area contributed by atoms with Gasteiger partial charge in [-0.05, 0) is 29.9 Å². The number of carbonyl (C=O) groups excluding carboxylic acids is 2. The molecule has 1 N–H and O–H groups in total. The van der Waals surface area contributed by atoms with Crippen molar-refractivity contribution in [1.29, 1.82) is 0 Å². The molecule has 3 heteroatoms. The number of hydrogen-bond acceptors (Lipinski definition) is 2. The molecule has 1 fully saturated rings. The summed E-state index contributed by atoms with van der Waals surface area (Å²) < 4.78 is 0. The molecule has 0 saturated heterocycles. The van der Waals surface area contributed by atoms with E-state index in [0.29, 0.717) is 18.0 Å². The van der Waals surface area contributed by atoms with Crippen LogP contribution in [0.15, 0.2) is 30.0 Å². The van der Waals surface area contributed by atoms with Crippen molar-refractivity contribution in [3.05, 3.63) is 41.1 Å². The van der Waals surface area contributed by atoms with Crippen LogP contribution in [0.5, 0.6) is 0 Å². The Balaban J connectivity index is 2.04. The van der Waals surface area contributed by atoms with E-state index < -0.39 is 0 Å². The van der Waals surface area contributed by atoms with Gasteiger partial charge in [-0.15, -0.1) is 0 Å². The molecule has 1 saturated carbocycles. The summed E-state index contributed by atoms with van der Waals surface area (Å²) in [5.41, 5.74) is 3.39. The Kier molecular flexibility index (Phi) is 3.91. The molecule has 1 amide bonds. The van der Waals surface area contributed by atoms with E-state index in [-0.39, 0.29) is 11.7 Å². The monoisotopic (exact) mass is 283 g/mol. The van der Waals surface area contributed by atoms with Crippen molar-refractivity contribution in [3.8, 4) is 0 Å². The molecule has 2 aliphatic carbocycles. The maximum absolute atomic E-state index is 12.6. The van der Waals surface area contributed by atoms with Crippen molar-refractivity contribution in [2.24, 2.45) is 5.92 Å². The zero-order valence-electron chi connectivity index (χ0n) is 12.4. The van der Waals surface area contributed by atoms with E-state index in [9.17, 15) is 9.59 Å². The predicted octanol–water partition coefficient (Wildman–Crippen LogP) is 3.70. The van der Waals surface area contributed by atoms with Crippen LogP contribution >= 0.6 is 0 Å². The maximum Gasteiger partial charge on any atom is 0.224 e. The van der Waals surface area contributed by atoms with E-state index in [0.717, 1.165) is 29.5 Å². The second kappa shape index (κ2) is 5.84. The van der Waals surface area contributed by atoms with Crippen LogP contribution in [0.25, 0.3) is 5.57 Å². The summed E-state index contributed by atoms with van der Waals surface area (Å²) in [7, 11) is 0. The number of carbonyl (C=O) groups is 2.